The highest BCUT2D eigenvalue weighted by Crippen LogP contribution is 2.58. The number of para-hydroxylation sites is 2. The van der Waals surface area contributed by atoms with Crippen molar-refractivity contribution < 1.29 is 4.42 Å². The van der Waals surface area contributed by atoms with E-state index in [1.807, 2.05) is 54.2 Å². The van der Waals surface area contributed by atoms with Crippen molar-refractivity contribution in [2.75, 3.05) is 4.90 Å². The van der Waals surface area contributed by atoms with Crippen molar-refractivity contribution in [1.29, 1.82) is 0 Å². The van der Waals surface area contributed by atoms with E-state index in [1.165, 1.54) is 49.1 Å². The maximum atomic E-state index is 6.85. The summed E-state index contributed by atoms with van der Waals surface area (Å²) in [6, 6.07) is 66.8. The molecule has 0 unspecified atom stereocenters. The number of benzene rings is 8. The fraction of sp³-hybridized carbons (Fsp3) is 0.0545. The summed E-state index contributed by atoms with van der Waals surface area (Å²) in [5.41, 5.74) is 17.4. The molecule has 3 heterocycles. The number of furan rings is 1. The number of fused-ring (bicyclic) bond motifs is 8. The van der Waals surface area contributed by atoms with Gasteiger partial charge < -0.3 is 9.32 Å². The highest BCUT2D eigenvalue weighted by molar-refractivity contribution is 7.99. The van der Waals surface area contributed by atoms with Crippen LogP contribution in [0.4, 0.5) is 17.1 Å². The molecule has 2 aromatic heterocycles. The second-order valence-electron chi connectivity index (χ2n) is 16.1. The molecule has 10 aromatic rings. The minimum absolute atomic E-state index is 0.0924. The van der Waals surface area contributed by atoms with Gasteiger partial charge in [0.1, 0.15) is 11.2 Å². The molecule has 5 heteroatoms. The third-order valence-electron chi connectivity index (χ3n) is 12.3. The van der Waals surface area contributed by atoms with Crippen molar-refractivity contribution in [2.24, 2.45) is 0 Å². The van der Waals surface area contributed by atoms with E-state index in [-0.39, 0.29) is 5.41 Å². The molecule has 8 aromatic carbocycles. The Morgan fingerprint density at radius 1 is 0.483 bits per heavy atom. The lowest BCUT2D eigenvalue weighted by molar-refractivity contribution is 0.660. The molecule has 0 spiro atoms. The van der Waals surface area contributed by atoms with Gasteiger partial charge in [-0.05, 0) is 64.7 Å². The molecule has 0 saturated heterocycles. The van der Waals surface area contributed by atoms with E-state index in [9.17, 15) is 0 Å². The number of hydrogen-bond donors (Lipinski definition) is 0. The van der Waals surface area contributed by atoms with Crippen LogP contribution in [-0.2, 0) is 5.41 Å². The standard InChI is InChI=1S/C55H37N3OS/c1-55(2)41-24-10-9-20-38(41)52-42(55)25-15-27-47(52)58-45-26-11-12-29-49(45)60-50-32-36(30-31-46(50)58)37-21-13-22-39-51-40(23-14-28-48(51)59-53(37)39)54-56-43(34-16-5-3-6-17-34)33-44(57-54)35-18-7-4-8-19-35/h3-33H,1-2H3. The van der Waals surface area contributed by atoms with Crippen LogP contribution in [0.3, 0.4) is 0 Å². The molecule has 0 atom stereocenters. The lowest BCUT2D eigenvalue weighted by Crippen LogP contribution is -2.17. The first-order valence-corrected chi connectivity index (χ1v) is 21.2. The zero-order valence-electron chi connectivity index (χ0n) is 33.1. The summed E-state index contributed by atoms with van der Waals surface area (Å²) in [5, 5.41) is 2.04. The normalized spacial score (nSPS) is 13.5. The topological polar surface area (TPSA) is 42.2 Å². The van der Waals surface area contributed by atoms with Crippen LogP contribution in [-0.4, -0.2) is 9.97 Å². The fourth-order valence-electron chi connectivity index (χ4n) is 9.45. The lowest BCUT2D eigenvalue weighted by Gasteiger charge is -2.34. The van der Waals surface area contributed by atoms with Crippen LogP contribution >= 0.6 is 11.8 Å². The molecule has 60 heavy (non-hydrogen) atoms. The molecule has 0 saturated carbocycles. The predicted molar refractivity (Wildman–Crippen MR) is 247 cm³/mol. The molecule has 1 aliphatic carbocycles. The van der Waals surface area contributed by atoms with Crippen LogP contribution in [0, 0.1) is 0 Å². The highest BCUT2D eigenvalue weighted by atomic mass is 32.2. The molecule has 12 rings (SSSR count). The summed E-state index contributed by atoms with van der Waals surface area (Å²) in [6.07, 6.45) is 0. The molecule has 284 valence electrons. The van der Waals surface area contributed by atoms with Gasteiger partial charge in [0.2, 0.25) is 0 Å². The molecule has 1 aliphatic heterocycles. The monoisotopic (exact) mass is 787 g/mol. The van der Waals surface area contributed by atoms with Crippen molar-refractivity contribution >= 4 is 50.8 Å². The van der Waals surface area contributed by atoms with Gasteiger partial charge in [0.05, 0.1) is 28.5 Å². The smallest absolute Gasteiger partial charge is 0.161 e. The summed E-state index contributed by atoms with van der Waals surface area (Å²) < 4.78 is 6.85. The maximum Gasteiger partial charge on any atom is 0.161 e. The van der Waals surface area contributed by atoms with Crippen molar-refractivity contribution in [2.45, 2.75) is 29.1 Å². The summed E-state index contributed by atoms with van der Waals surface area (Å²) in [4.78, 5) is 15.3. The van der Waals surface area contributed by atoms with Crippen molar-refractivity contribution in [3.8, 4) is 56.2 Å². The van der Waals surface area contributed by atoms with Gasteiger partial charge in [-0.1, -0.05) is 171 Å². The molecule has 0 N–H and O–H groups in total. The van der Waals surface area contributed by atoms with E-state index in [1.54, 1.807) is 0 Å². The first-order valence-electron chi connectivity index (χ1n) is 20.4. The number of anilines is 3. The first kappa shape index (κ1) is 34.8. The molecule has 0 bridgehead atoms. The zero-order chi connectivity index (χ0) is 40.0. The third-order valence-corrected chi connectivity index (χ3v) is 13.4. The maximum absolute atomic E-state index is 6.85. The number of hydrogen-bond acceptors (Lipinski definition) is 5. The summed E-state index contributed by atoms with van der Waals surface area (Å²) in [5.74, 6) is 0.663. The van der Waals surface area contributed by atoms with E-state index >= 15 is 0 Å². The van der Waals surface area contributed by atoms with E-state index in [4.69, 9.17) is 14.4 Å². The summed E-state index contributed by atoms with van der Waals surface area (Å²) in [6.45, 7) is 4.69. The van der Waals surface area contributed by atoms with Crippen LogP contribution in [0.5, 0.6) is 0 Å². The number of aromatic nitrogens is 2. The molecular formula is C55H37N3OS. The Balaban J connectivity index is 1.01. The van der Waals surface area contributed by atoms with Crippen LogP contribution in [0.15, 0.2) is 202 Å². The second-order valence-corrected chi connectivity index (χ2v) is 17.2. The number of rotatable bonds is 5. The van der Waals surface area contributed by atoms with Gasteiger partial charge in [0.15, 0.2) is 5.82 Å². The fourth-order valence-corrected chi connectivity index (χ4v) is 10.5. The Kier molecular flexibility index (Phi) is 7.78. The van der Waals surface area contributed by atoms with E-state index < -0.39 is 0 Å². The molecule has 2 aliphatic rings. The average Bonchev–Trinajstić information content (AvgIpc) is 3.81. The van der Waals surface area contributed by atoms with Gasteiger partial charge in [-0.25, -0.2) is 9.97 Å². The van der Waals surface area contributed by atoms with Crippen molar-refractivity contribution in [1.82, 2.24) is 9.97 Å². The van der Waals surface area contributed by atoms with Gasteiger partial charge in [-0.2, -0.15) is 0 Å². The van der Waals surface area contributed by atoms with Gasteiger partial charge in [0.25, 0.3) is 0 Å². The van der Waals surface area contributed by atoms with E-state index in [0.717, 1.165) is 61.1 Å². The molecular weight excluding hydrogens is 751 g/mol. The Bertz CT molecular complexity index is 3280. The molecule has 0 radical (unpaired) electrons. The van der Waals surface area contributed by atoms with Crippen molar-refractivity contribution in [3.05, 3.63) is 199 Å². The Labute approximate surface area is 352 Å². The quantitative estimate of drug-likeness (QED) is 0.174. The molecule has 0 amide bonds. The highest BCUT2D eigenvalue weighted by Gasteiger charge is 2.38. The van der Waals surface area contributed by atoms with Gasteiger partial charge in [0, 0.05) is 53.8 Å². The van der Waals surface area contributed by atoms with Gasteiger partial charge >= 0.3 is 0 Å². The minimum Gasteiger partial charge on any atom is -0.455 e. The van der Waals surface area contributed by atoms with Gasteiger partial charge in [-0.3, -0.25) is 0 Å². The Morgan fingerprint density at radius 3 is 1.90 bits per heavy atom. The summed E-state index contributed by atoms with van der Waals surface area (Å²) >= 11 is 1.83. The van der Waals surface area contributed by atoms with E-state index in [0.29, 0.717) is 5.82 Å². The molecule has 0 fully saturated rings. The largest absolute Gasteiger partial charge is 0.455 e. The Morgan fingerprint density at radius 2 is 1.10 bits per heavy atom. The average molecular weight is 788 g/mol. The molecule has 4 nitrogen and oxygen atoms in total. The van der Waals surface area contributed by atoms with Gasteiger partial charge in [-0.15, -0.1) is 0 Å². The predicted octanol–water partition coefficient (Wildman–Crippen LogP) is 15.3. The van der Waals surface area contributed by atoms with Crippen LogP contribution in [0.25, 0.3) is 78.1 Å². The lowest BCUT2D eigenvalue weighted by atomic mass is 9.82. The van der Waals surface area contributed by atoms with Crippen molar-refractivity contribution in [3.63, 3.8) is 0 Å². The van der Waals surface area contributed by atoms with Crippen LogP contribution < -0.4 is 4.90 Å². The first-order chi connectivity index (χ1) is 29.5. The Hall–Kier alpha value is -7.21. The third kappa shape index (κ3) is 5.32. The summed E-state index contributed by atoms with van der Waals surface area (Å²) in [7, 11) is 0. The minimum atomic E-state index is -0.0924. The zero-order valence-corrected chi connectivity index (χ0v) is 33.9. The van der Waals surface area contributed by atoms with Crippen LogP contribution in [0.1, 0.15) is 25.0 Å². The number of nitrogens with zero attached hydrogens (tertiary/aromatic N) is 3. The van der Waals surface area contributed by atoms with E-state index in [2.05, 4.69) is 164 Å². The SMILES string of the molecule is CC1(C)c2ccccc2-c2c(N3c4ccccc4Sc4cc(-c5cccc6c5oc5cccc(-c7nc(-c8ccccc8)cc(-c8ccccc8)n7)c56)ccc43)cccc21. The second kappa shape index (κ2) is 13.4. The van der Waals surface area contributed by atoms with Crippen LogP contribution in [0.2, 0.25) is 0 Å².